The zero-order chi connectivity index (χ0) is 34.9. The van der Waals surface area contributed by atoms with Crippen LogP contribution in [0.3, 0.4) is 0 Å². The van der Waals surface area contributed by atoms with Gasteiger partial charge in [-0.15, -0.1) is 0 Å². The summed E-state index contributed by atoms with van der Waals surface area (Å²) >= 11 is 0. The Balaban J connectivity index is 1.36. The summed E-state index contributed by atoms with van der Waals surface area (Å²) in [7, 11) is 0. The number of aromatic nitrogens is 1. The van der Waals surface area contributed by atoms with Crippen molar-refractivity contribution in [3.05, 3.63) is 150 Å². The molecule has 0 spiro atoms. The Morgan fingerprint density at radius 3 is 1.76 bits per heavy atom. The third-order valence-corrected chi connectivity index (χ3v) is 12.1. The summed E-state index contributed by atoms with van der Waals surface area (Å²) in [6.45, 7) is 14.2. The highest BCUT2D eigenvalue weighted by atomic mass is 15.1. The highest BCUT2D eigenvalue weighted by Gasteiger charge is 2.58. The first-order valence-electron chi connectivity index (χ1n) is 18.9. The van der Waals surface area contributed by atoms with Gasteiger partial charge in [-0.2, -0.15) is 4.57 Å². The molecule has 1 aliphatic heterocycles. The lowest BCUT2D eigenvalue weighted by Crippen LogP contribution is -2.69. The minimum absolute atomic E-state index is 0.0276. The van der Waals surface area contributed by atoms with E-state index in [1.54, 1.807) is 0 Å². The van der Waals surface area contributed by atoms with Crippen LogP contribution < -0.4 is 4.57 Å². The van der Waals surface area contributed by atoms with Crippen LogP contribution in [0.25, 0.3) is 55.8 Å². The number of pyridine rings is 1. The van der Waals surface area contributed by atoms with Crippen LogP contribution in [0, 0.1) is 6.92 Å². The topological polar surface area (TPSA) is 3.88 Å². The van der Waals surface area contributed by atoms with Gasteiger partial charge in [0, 0.05) is 24.5 Å². The Hall–Kier alpha value is -4.75. The van der Waals surface area contributed by atoms with Crippen molar-refractivity contribution in [2.24, 2.45) is 0 Å². The first kappa shape index (κ1) is 33.7. The Morgan fingerprint density at radius 1 is 0.520 bits per heavy atom. The Bertz CT molecular complexity index is 2130. The number of hydrogen-bond acceptors (Lipinski definition) is 0. The van der Waals surface area contributed by atoms with Gasteiger partial charge in [0.1, 0.15) is 0 Å². The number of unbranched alkanes of at least 4 members (excludes halogenated alkanes) is 1. The zero-order valence-corrected chi connectivity index (χ0v) is 30.9. The van der Waals surface area contributed by atoms with Crippen molar-refractivity contribution in [1.82, 2.24) is 0 Å². The molecule has 1 heteroatoms. The third kappa shape index (κ3) is 5.71. The monoisotopic (exact) mass is 654 g/mol. The van der Waals surface area contributed by atoms with Gasteiger partial charge in [0.25, 0.3) is 0 Å². The van der Waals surface area contributed by atoms with Gasteiger partial charge >= 0.3 is 0 Å². The van der Waals surface area contributed by atoms with Gasteiger partial charge in [0.05, 0.1) is 11.0 Å². The van der Waals surface area contributed by atoms with Crippen molar-refractivity contribution in [1.29, 1.82) is 0 Å². The van der Waals surface area contributed by atoms with E-state index in [2.05, 4.69) is 180 Å². The fourth-order valence-corrected chi connectivity index (χ4v) is 9.05. The summed E-state index contributed by atoms with van der Waals surface area (Å²) in [5.74, 6) is 0. The van der Waals surface area contributed by atoms with Crippen molar-refractivity contribution < 1.29 is 4.57 Å². The number of nitrogens with zero attached hydrogens (tertiary/aromatic N) is 1. The summed E-state index contributed by atoms with van der Waals surface area (Å²) in [4.78, 5) is 0. The highest BCUT2D eigenvalue weighted by molar-refractivity contribution is 5.84. The fourth-order valence-electron chi connectivity index (χ4n) is 9.05. The van der Waals surface area contributed by atoms with E-state index in [4.69, 9.17) is 0 Å². The minimum atomic E-state index is 0.0276. The molecule has 1 unspecified atom stereocenters. The molecule has 1 aliphatic rings. The maximum Gasteiger partial charge on any atom is 0.216 e. The average molecular weight is 655 g/mol. The zero-order valence-electron chi connectivity index (χ0n) is 30.9. The van der Waals surface area contributed by atoms with Crippen LogP contribution in [0.15, 0.2) is 134 Å². The molecule has 0 saturated heterocycles. The Morgan fingerprint density at radius 2 is 1.10 bits per heavy atom. The molecule has 1 aromatic heterocycles. The summed E-state index contributed by atoms with van der Waals surface area (Å²) in [6, 6.07) is 48.1. The first-order valence-corrected chi connectivity index (χ1v) is 18.9. The van der Waals surface area contributed by atoms with E-state index in [-0.39, 0.29) is 11.0 Å². The average Bonchev–Trinajstić information content (AvgIpc) is 3.17. The van der Waals surface area contributed by atoms with Gasteiger partial charge in [-0.3, -0.25) is 0 Å². The number of fused-ring (bicyclic) bond motifs is 3. The van der Waals surface area contributed by atoms with Gasteiger partial charge in [-0.05, 0) is 125 Å². The summed E-state index contributed by atoms with van der Waals surface area (Å²) in [5, 5.41) is 0. The number of hydrogen-bond donors (Lipinski definition) is 0. The molecule has 0 N–H and O–H groups in total. The molecule has 5 aromatic carbocycles. The lowest BCUT2D eigenvalue weighted by Gasteiger charge is -2.48. The second-order valence-electron chi connectivity index (χ2n) is 14.6. The van der Waals surface area contributed by atoms with E-state index in [1.165, 1.54) is 85.3 Å². The van der Waals surface area contributed by atoms with Gasteiger partial charge in [-0.1, -0.05) is 119 Å². The number of rotatable bonds is 10. The molecule has 0 fully saturated rings. The summed E-state index contributed by atoms with van der Waals surface area (Å²) < 4.78 is 2.64. The predicted octanol–water partition coefficient (Wildman–Crippen LogP) is 13.2. The third-order valence-electron chi connectivity index (χ3n) is 12.1. The van der Waals surface area contributed by atoms with Crippen molar-refractivity contribution in [2.45, 2.75) is 91.0 Å². The molecule has 0 bridgehead atoms. The molecule has 252 valence electrons. The smallest absolute Gasteiger partial charge is 0.192 e. The standard InChI is InChI=1S/C49H52N/c1-7-11-19-36-20-15-23-38(29-36)43-31-42(37-21-13-12-14-22-37)32-44(33-43)40-25-16-24-39(30-40)41-26-27-46-45(34-41)47-35(5)18-17-28-50(47)49(9-3,10-4)48(46,6)8-2/h12-18,20-34H,7-11,19H2,1-6H3/q+1. The summed E-state index contributed by atoms with van der Waals surface area (Å²) in [5.41, 5.74) is 17.1. The first-order chi connectivity index (χ1) is 24.4. The van der Waals surface area contributed by atoms with E-state index in [1.807, 2.05) is 0 Å². The highest BCUT2D eigenvalue weighted by Crippen LogP contribution is 2.52. The van der Waals surface area contributed by atoms with E-state index in [0.29, 0.717) is 0 Å². The lowest BCUT2D eigenvalue weighted by atomic mass is 9.58. The molecule has 0 radical (unpaired) electrons. The molecule has 0 amide bonds. The molecule has 2 heterocycles. The predicted molar refractivity (Wildman–Crippen MR) is 213 cm³/mol. The molecule has 7 rings (SSSR count). The van der Waals surface area contributed by atoms with E-state index in [0.717, 1.165) is 25.7 Å². The number of aryl methyl sites for hydroxylation is 2. The molecule has 50 heavy (non-hydrogen) atoms. The maximum absolute atomic E-state index is 2.64. The molecular weight excluding hydrogens is 603 g/mol. The quantitative estimate of drug-likeness (QED) is 0.129. The van der Waals surface area contributed by atoms with Crippen LogP contribution in [0.1, 0.15) is 83.4 Å². The Kier molecular flexibility index (Phi) is 9.36. The van der Waals surface area contributed by atoms with Crippen LogP contribution in [0.4, 0.5) is 0 Å². The second kappa shape index (κ2) is 13.9. The van der Waals surface area contributed by atoms with Crippen LogP contribution in [-0.4, -0.2) is 0 Å². The van der Waals surface area contributed by atoms with E-state index >= 15 is 0 Å². The fraction of sp³-hybridized carbons (Fsp3) is 0.286. The van der Waals surface area contributed by atoms with Crippen LogP contribution >= 0.6 is 0 Å². The van der Waals surface area contributed by atoms with Gasteiger partial charge in [0.2, 0.25) is 5.69 Å². The molecule has 6 aromatic rings. The Labute approximate surface area is 300 Å². The molecule has 0 aliphatic carbocycles. The van der Waals surface area contributed by atoms with Gasteiger partial charge in [-0.25, -0.2) is 0 Å². The molecule has 1 nitrogen and oxygen atoms in total. The van der Waals surface area contributed by atoms with Crippen LogP contribution in [0.2, 0.25) is 0 Å². The van der Waals surface area contributed by atoms with Crippen molar-refractivity contribution in [3.63, 3.8) is 0 Å². The number of benzene rings is 5. The van der Waals surface area contributed by atoms with Crippen molar-refractivity contribution in [3.8, 4) is 55.8 Å². The van der Waals surface area contributed by atoms with Crippen molar-refractivity contribution >= 4 is 0 Å². The lowest BCUT2D eigenvalue weighted by molar-refractivity contribution is -0.769. The van der Waals surface area contributed by atoms with Gasteiger partial charge in [0.15, 0.2) is 11.7 Å². The maximum atomic E-state index is 2.64. The van der Waals surface area contributed by atoms with E-state index in [9.17, 15) is 0 Å². The van der Waals surface area contributed by atoms with Crippen LogP contribution in [-0.2, 0) is 17.4 Å². The van der Waals surface area contributed by atoms with Crippen molar-refractivity contribution in [2.75, 3.05) is 0 Å². The van der Waals surface area contributed by atoms with E-state index < -0.39 is 0 Å². The summed E-state index contributed by atoms with van der Waals surface area (Å²) in [6.07, 6.45) is 9.19. The SMILES string of the molecule is CCCCc1cccc(-c2cc(-c3ccccc3)cc(-c3cccc(-c4ccc5c(c4)-c4c(C)ccc[n+]4C(CC)(CC)C5(C)CC)c3)c2)c1. The largest absolute Gasteiger partial charge is 0.216 e. The minimum Gasteiger partial charge on any atom is -0.192 e. The normalized spacial score (nSPS) is 16.1. The van der Waals surface area contributed by atoms with Crippen LogP contribution in [0.5, 0.6) is 0 Å². The molecule has 0 saturated carbocycles. The van der Waals surface area contributed by atoms with Gasteiger partial charge < -0.3 is 0 Å². The second-order valence-corrected chi connectivity index (χ2v) is 14.6. The molecular formula is C49H52N+. The molecule has 1 atom stereocenters.